The van der Waals surface area contributed by atoms with Crippen molar-refractivity contribution in [1.29, 1.82) is 0 Å². The summed E-state index contributed by atoms with van der Waals surface area (Å²) in [7, 11) is 2.08. The fourth-order valence-electron chi connectivity index (χ4n) is 1.62. The van der Waals surface area contributed by atoms with Gasteiger partial charge < -0.3 is 9.73 Å². The van der Waals surface area contributed by atoms with Gasteiger partial charge >= 0.3 is 0 Å². The van der Waals surface area contributed by atoms with Gasteiger partial charge in [-0.05, 0) is 26.1 Å². The van der Waals surface area contributed by atoms with Crippen molar-refractivity contribution < 1.29 is 4.42 Å². The average molecular weight is 222 g/mol. The van der Waals surface area contributed by atoms with Crippen LogP contribution < -0.4 is 5.32 Å². The number of hydrogen-bond acceptors (Lipinski definition) is 3. The van der Waals surface area contributed by atoms with Crippen LogP contribution in [-0.4, -0.2) is 25.0 Å². The second-order valence-electron chi connectivity index (χ2n) is 4.03. The maximum absolute atomic E-state index is 5.48. The highest BCUT2D eigenvalue weighted by Crippen LogP contribution is 2.12. The third kappa shape index (κ3) is 4.21. The van der Waals surface area contributed by atoms with Crippen LogP contribution in [0.25, 0.3) is 0 Å². The average Bonchev–Trinajstić information content (AvgIpc) is 2.66. The topological polar surface area (TPSA) is 28.4 Å². The molecule has 1 aromatic heterocycles. The molecule has 3 nitrogen and oxygen atoms in total. The van der Waals surface area contributed by atoms with Gasteiger partial charge in [-0.1, -0.05) is 13.0 Å². The number of rotatable bonds is 8. The Labute approximate surface area is 98.1 Å². The van der Waals surface area contributed by atoms with Crippen molar-refractivity contribution in [2.24, 2.45) is 0 Å². The van der Waals surface area contributed by atoms with Crippen molar-refractivity contribution in [3.63, 3.8) is 0 Å². The fraction of sp³-hybridized carbons (Fsp3) is 0.538. The molecule has 0 spiro atoms. The molecule has 0 bridgehead atoms. The summed E-state index contributed by atoms with van der Waals surface area (Å²) >= 11 is 0. The van der Waals surface area contributed by atoms with Crippen LogP contribution in [0.1, 0.15) is 24.7 Å². The van der Waals surface area contributed by atoms with Gasteiger partial charge in [0, 0.05) is 18.7 Å². The van der Waals surface area contributed by atoms with Gasteiger partial charge in [0.15, 0.2) is 0 Å². The van der Waals surface area contributed by atoms with Crippen LogP contribution in [0.5, 0.6) is 0 Å². The third-order valence-electron chi connectivity index (χ3n) is 2.43. The second kappa shape index (κ2) is 7.25. The fourth-order valence-corrected chi connectivity index (χ4v) is 1.62. The number of likely N-dealkylation sites (N-methyl/N-ethyl adjacent to an activating group) is 1. The van der Waals surface area contributed by atoms with Crippen LogP contribution in [-0.2, 0) is 13.1 Å². The highest BCUT2D eigenvalue weighted by molar-refractivity contribution is 5.16. The summed E-state index contributed by atoms with van der Waals surface area (Å²) in [6.07, 6.45) is 4.82. The van der Waals surface area contributed by atoms with E-state index < -0.39 is 0 Å². The van der Waals surface area contributed by atoms with Crippen molar-refractivity contribution in [2.45, 2.75) is 26.4 Å². The molecule has 0 amide bonds. The van der Waals surface area contributed by atoms with Crippen LogP contribution in [0.2, 0.25) is 0 Å². The minimum absolute atomic E-state index is 0.818. The SMILES string of the molecule is C=CCN(C)Cc1ccoc1CNCCC. The van der Waals surface area contributed by atoms with Gasteiger partial charge in [0.2, 0.25) is 0 Å². The Morgan fingerprint density at radius 3 is 3.06 bits per heavy atom. The molecular weight excluding hydrogens is 200 g/mol. The summed E-state index contributed by atoms with van der Waals surface area (Å²) in [5, 5.41) is 3.35. The molecule has 1 N–H and O–H groups in total. The van der Waals surface area contributed by atoms with Gasteiger partial charge in [-0.15, -0.1) is 6.58 Å². The first-order valence-corrected chi connectivity index (χ1v) is 5.83. The van der Waals surface area contributed by atoms with Gasteiger partial charge in [0.05, 0.1) is 12.8 Å². The van der Waals surface area contributed by atoms with E-state index in [0.717, 1.165) is 38.4 Å². The summed E-state index contributed by atoms with van der Waals surface area (Å²) < 4.78 is 5.48. The Kier molecular flexibility index (Phi) is 5.90. The molecule has 0 unspecified atom stereocenters. The standard InChI is InChI=1S/C13H22N2O/c1-4-7-14-10-13-12(6-9-16-13)11-15(3)8-5-2/h5-6,9,14H,2,4,7-8,10-11H2,1,3H3. The Morgan fingerprint density at radius 1 is 1.56 bits per heavy atom. The lowest BCUT2D eigenvalue weighted by atomic mass is 10.2. The lowest BCUT2D eigenvalue weighted by molar-refractivity contribution is 0.357. The first-order valence-electron chi connectivity index (χ1n) is 5.83. The quantitative estimate of drug-likeness (QED) is 0.541. The molecule has 0 saturated heterocycles. The highest BCUT2D eigenvalue weighted by Gasteiger charge is 2.07. The van der Waals surface area contributed by atoms with E-state index in [1.165, 1.54) is 5.56 Å². The van der Waals surface area contributed by atoms with E-state index in [-0.39, 0.29) is 0 Å². The predicted octanol–water partition coefficient (Wildman–Crippen LogP) is 2.40. The molecular formula is C13H22N2O. The molecule has 1 heterocycles. The van der Waals surface area contributed by atoms with Crippen molar-refractivity contribution in [1.82, 2.24) is 10.2 Å². The summed E-state index contributed by atoms with van der Waals surface area (Å²) in [4.78, 5) is 2.21. The van der Waals surface area contributed by atoms with Gasteiger partial charge in [0.1, 0.15) is 5.76 Å². The maximum atomic E-state index is 5.48. The molecule has 0 radical (unpaired) electrons. The Hall–Kier alpha value is -1.06. The molecule has 1 aromatic rings. The minimum Gasteiger partial charge on any atom is -0.468 e. The lowest BCUT2D eigenvalue weighted by Crippen LogP contribution is -2.19. The van der Waals surface area contributed by atoms with E-state index in [1.807, 2.05) is 12.1 Å². The number of nitrogens with one attached hydrogen (secondary N) is 1. The zero-order chi connectivity index (χ0) is 11.8. The summed E-state index contributed by atoms with van der Waals surface area (Å²) in [6, 6.07) is 2.04. The van der Waals surface area contributed by atoms with E-state index in [9.17, 15) is 0 Å². The molecule has 0 aromatic carbocycles. The first kappa shape index (κ1) is 13.0. The third-order valence-corrected chi connectivity index (χ3v) is 2.43. The highest BCUT2D eigenvalue weighted by atomic mass is 16.3. The van der Waals surface area contributed by atoms with Gasteiger partial charge in [-0.25, -0.2) is 0 Å². The van der Waals surface area contributed by atoms with Crippen molar-refractivity contribution in [3.8, 4) is 0 Å². The van der Waals surface area contributed by atoms with Crippen LogP contribution >= 0.6 is 0 Å². The second-order valence-corrected chi connectivity index (χ2v) is 4.03. The molecule has 1 rings (SSSR count). The molecule has 0 aliphatic rings. The molecule has 0 aliphatic heterocycles. The maximum Gasteiger partial charge on any atom is 0.122 e. The van der Waals surface area contributed by atoms with Crippen molar-refractivity contribution in [3.05, 3.63) is 36.3 Å². The van der Waals surface area contributed by atoms with Crippen LogP contribution in [0.4, 0.5) is 0 Å². The first-order chi connectivity index (χ1) is 7.77. The molecule has 3 heteroatoms. The van der Waals surface area contributed by atoms with Gasteiger partial charge in [0.25, 0.3) is 0 Å². The Morgan fingerprint density at radius 2 is 2.38 bits per heavy atom. The molecule has 90 valence electrons. The lowest BCUT2D eigenvalue weighted by Gasteiger charge is -2.13. The normalized spacial score (nSPS) is 10.9. The molecule has 16 heavy (non-hydrogen) atoms. The predicted molar refractivity (Wildman–Crippen MR) is 67.2 cm³/mol. The Balaban J connectivity index is 2.46. The van der Waals surface area contributed by atoms with Crippen LogP contribution in [0.3, 0.4) is 0 Å². The van der Waals surface area contributed by atoms with E-state index in [1.54, 1.807) is 6.26 Å². The zero-order valence-corrected chi connectivity index (χ0v) is 10.3. The van der Waals surface area contributed by atoms with Gasteiger partial charge in [-0.3, -0.25) is 4.90 Å². The number of hydrogen-bond donors (Lipinski definition) is 1. The molecule has 0 aliphatic carbocycles. The van der Waals surface area contributed by atoms with E-state index in [4.69, 9.17) is 4.42 Å². The summed E-state index contributed by atoms with van der Waals surface area (Å²) in [6.45, 7) is 9.55. The van der Waals surface area contributed by atoms with Crippen molar-refractivity contribution in [2.75, 3.05) is 20.1 Å². The number of furan rings is 1. The summed E-state index contributed by atoms with van der Waals surface area (Å²) in [5.41, 5.74) is 1.26. The smallest absolute Gasteiger partial charge is 0.122 e. The number of nitrogens with zero attached hydrogens (tertiary/aromatic N) is 1. The van der Waals surface area contributed by atoms with Crippen LogP contribution in [0, 0.1) is 0 Å². The zero-order valence-electron chi connectivity index (χ0n) is 10.3. The molecule has 0 fully saturated rings. The van der Waals surface area contributed by atoms with E-state index >= 15 is 0 Å². The van der Waals surface area contributed by atoms with E-state index in [0.29, 0.717) is 0 Å². The molecule has 0 saturated carbocycles. The van der Waals surface area contributed by atoms with Crippen LogP contribution in [0.15, 0.2) is 29.4 Å². The van der Waals surface area contributed by atoms with Crippen molar-refractivity contribution >= 4 is 0 Å². The van der Waals surface area contributed by atoms with E-state index in [2.05, 4.69) is 30.8 Å². The van der Waals surface area contributed by atoms with Gasteiger partial charge in [-0.2, -0.15) is 0 Å². The minimum atomic E-state index is 0.818. The summed E-state index contributed by atoms with van der Waals surface area (Å²) in [5.74, 6) is 1.05. The Bertz CT molecular complexity index is 307. The largest absolute Gasteiger partial charge is 0.468 e. The molecule has 0 atom stereocenters. The monoisotopic (exact) mass is 222 g/mol.